The van der Waals surface area contributed by atoms with Crippen LogP contribution in [0, 0.1) is 0 Å². The Balaban J connectivity index is 2.11. The fourth-order valence-electron chi connectivity index (χ4n) is 1.12. The van der Waals surface area contributed by atoms with Gasteiger partial charge in [-0.2, -0.15) is 4.98 Å². The number of hydrogen-bond donors (Lipinski definition) is 0. The minimum absolute atomic E-state index is 0.267. The van der Waals surface area contributed by atoms with Crippen LogP contribution in [0.4, 0.5) is 0 Å². The monoisotopic (exact) mass is 220 g/mol. The molecular weight excluding hydrogens is 212 g/mol. The van der Waals surface area contributed by atoms with Crippen molar-refractivity contribution in [3.05, 3.63) is 47.6 Å². The second-order valence-electron chi connectivity index (χ2n) is 2.93. The van der Waals surface area contributed by atoms with Gasteiger partial charge in [-0.15, -0.1) is 11.6 Å². The standard InChI is InChI=1S/C11H9ClN2O/c12-8-10-13-11(15-14-10)7-6-9-4-2-1-3-5-9/h1-7H,8H2/b7-6+. The highest BCUT2D eigenvalue weighted by Crippen LogP contribution is 2.07. The molecule has 0 saturated heterocycles. The van der Waals surface area contributed by atoms with E-state index >= 15 is 0 Å². The van der Waals surface area contributed by atoms with Crippen molar-refractivity contribution in [3.8, 4) is 0 Å². The lowest BCUT2D eigenvalue weighted by Crippen LogP contribution is -1.78. The van der Waals surface area contributed by atoms with E-state index in [-0.39, 0.29) is 5.88 Å². The lowest BCUT2D eigenvalue weighted by molar-refractivity contribution is 0.405. The fraction of sp³-hybridized carbons (Fsp3) is 0.0909. The SMILES string of the molecule is ClCc1noc(/C=C/c2ccccc2)n1. The average Bonchev–Trinajstić information content (AvgIpc) is 2.76. The third-order valence-electron chi connectivity index (χ3n) is 1.82. The van der Waals surface area contributed by atoms with Crippen molar-refractivity contribution in [2.75, 3.05) is 0 Å². The topological polar surface area (TPSA) is 38.9 Å². The molecule has 0 bridgehead atoms. The quantitative estimate of drug-likeness (QED) is 0.747. The zero-order valence-electron chi connectivity index (χ0n) is 7.93. The molecule has 0 aliphatic carbocycles. The van der Waals surface area contributed by atoms with Gasteiger partial charge in [-0.05, 0) is 11.6 Å². The Bertz CT molecular complexity index is 451. The molecule has 0 aliphatic rings. The largest absolute Gasteiger partial charge is 0.335 e. The maximum absolute atomic E-state index is 5.55. The van der Waals surface area contributed by atoms with Gasteiger partial charge in [0.2, 0.25) is 0 Å². The second kappa shape index (κ2) is 4.75. The van der Waals surface area contributed by atoms with Gasteiger partial charge in [0.1, 0.15) is 0 Å². The molecule has 0 spiro atoms. The van der Waals surface area contributed by atoms with Crippen LogP contribution in [0.25, 0.3) is 12.2 Å². The maximum Gasteiger partial charge on any atom is 0.250 e. The van der Waals surface area contributed by atoms with Crippen molar-refractivity contribution in [2.24, 2.45) is 0 Å². The van der Waals surface area contributed by atoms with Crippen molar-refractivity contribution < 1.29 is 4.52 Å². The van der Waals surface area contributed by atoms with Gasteiger partial charge < -0.3 is 4.52 Å². The van der Waals surface area contributed by atoms with Crippen molar-refractivity contribution in [2.45, 2.75) is 5.88 Å². The van der Waals surface area contributed by atoms with Gasteiger partial charge in [0.15, 0.2) is 5.82 Å². The summed E-state index contributed by atoms with van der Waals surface area (Å²) in [6, 6.07) is 9.90. The lowest BCUT2D eigenvalue weighted by Gasteiger charge is -1.88. The highest BCUT2D eigenvalue weighted by Gasteiger charge is 2.00. The molecule has 0 N–H and O–H groups in total. The van der Waals surface area contributed by atoms with Gasteiger partial charge in [-0.25, -0.2) is 0 Å². The molecule has 0 atom stereocenters. The molecule has 1 aromatic heterocycles. The Hall–Kier alpha value is -1.61. The molecule has 4 heteroatoms. The highest BCUT2D eigenvalue weighted by molar-refractivity contribution is 6.16. The zero-order chi connectivity index (χ0) is 10.5. The van der Waals surface area contributed by atoms with Crippen LogP contribution in [0.5, 0.6) is 0 Å². The summed E-state index contributed by atoms with van der Waals surface area (Å²) in [4.78, 5) is 4.05. The molecule has 1 heterocycles. The molecule has 0 fully saturated rings. The van der Waals surface area contributed by atoms with Crippen LogP contribution in [0.3, 0.4) is 0 Å². The normalized spacial score (nSPS) is 11.0. The third kappa shape index (κ3) is 2.67. The summed E-state index contributed by atoms with van der Waals surface area (Å²) in [5.41, 5.74) is 1.09. The van der Waals surface area contributed by atoms with Crippen LogP contribution in [0.1, 0.15) is 17.3 Å². The zero-order valence-corrected chi connectivity index (χ0v) is 8.69. The van der Waals surface area contributed by atoms with E-state index in [0.29, 0.717) is 11.7 Å². The average molecular weight is 221 g/mol. The molecule has 0 aliphatic heterocycles. The second-order valence-corrected chi connectivity index (χ2v) is 3.19. The first-order valence-corrected chi connectivity index (χ1v) is 5.03. The number of alkyl halides is 1. The molecule has 3 nitrogen and oxygen atoms in total. The fourth-order valence-corrected chi connectivity index (χ4v) is 1.23. The molecule has 2 rings (SSSR count). The van der Waals surface area contributed by atoms with Crippen LogP contribution in [0.2, 0.25) is 0 Å². The number of benzene rings is 1. The molecule has 0 saturated carbocycles. The highest BCUT2D eigenvalue weighted by atomic mass is 35.5. The van der Waals surface area contributed by atoms with Crippen LogP contribution in [-0.4, -0.2) is 10.1 Å². The predicted molar refractivity (Wildman–Crippen MR) is 59.2 cm³/mol. The smallest absolute Gasteiger partial charge is 0.250 e. The Morgan fingerprint density at radius 1 is 1.20 bits per heavy atom. The number of rotatable bonds is 3. The molecule has 0 amide bonds. The summed E-state index contributed by atoms with van der Waals surface area (Å²) < 4.78 is 4.94. The van der Waals surface area contributed by atoms with E-state index in [9.17, 15) is 0 Å². The summed E-state index contributed by atoms with van der Waals surface area (Å²) in [6.07, 6.45) is 3.67. The van der Waals surface area contributed by atoms with E-state index in [1.807, 2.05) is 36.4 Å². The van der Waals surface area contributed by atoms with Gasteiger partial charge in [-0.1, -0.05) is 35.5 Å². The number of halogens is 1. The maximum atomic E-state index is 5.55. The molecule has 2 aromatic rings. The van der Waals surface area contributed by atoms with E-state index in [2.05, 4.69) is 10.1 Å². The van der Waals surface area contributed by atoms with E-state index in [1.54, 1.807) is 6.08 Å². The molecule has 0 radical (unpaired) electrons. The van der Waals surface area contributed by atoms with Crippen LogP contribution in [-0.2, 0) is 5.88 Å². The molecule has 15 heavy (non-hydrogen) atoms. The Labute approximate surface area is 92.4 Å². The van der Waals surface area contributed by atoms with Crippen LogP contribution < -0.4 is 0 Å². The van der Waals surface area contributed by atoms with Crippen molar-refractivity contribution in [1.82, 2.24) is 10.1 Å². The van der Waals surface area contributed by atoms with Gasteiger partial charge in [-0.3, -0.25) is 0 Å². The van der Waals surface area contributed by atoms with Crippen molar-refractivity contribution in [1.29, 1.82) is 0 Å². The summed E-state index contributed by atoms with van der Waals surface area (Å²) in [5, 5.41) is 3.68. The Morgan fingerprint density at radius 2 is 2.00 bits per heavy atom. The molecular formula is C11H9ClN2O. The first-order valence-electron chi connectivity index (χ1n) is 4.50. The Morgan fingerprint density at radius 3 is 2.67 bits per heavy atom. The van der Waals surface area contributed by atoms with Gasteiger partial charge in [0, 0.05) is 6.08 Å². The molecule has 0 unspecified atom stereocenters. The van der Waals surface area contributed by atoms with Crippen LogP contribution in [0.15, 0.2) is 34.9 Å². The van der Waals surface area contributed by atoms with E-state index < -0.39 is 0 Å². The van der Waals surface area contributed by atoms with Gasteiger partial charge >= 0.3 is 0 Å². The molecule has 76 valence electrons. The number of nitrogens with zero attached hydrogens (tertiary/aromatic N) is 2. The summed E-state index contributed by atoms with van der Waals surface area (Å²) in [5.74, 6) is 1.24. The van der Waals surface area contributed by atoms with Gasteiger partial charge in [0.25, 0.3) is 5.89 Å². The minimum Gasteiger partial charge on any atom is -0.335 e. The van der Waals surface area contributed by atoms with Crippen molar-refractivity contribution in [3.63, 3.8) is 0 Å². The summed E-state index contributed by atoms with van der Waals surface area (Å²) in [7, 11) is 0. The minimum atomic E-state index is 0.267. The first kappa shape index (κ1) is 9.93. The molecule has 1 aromatic carbocycles. The van der Waals surface area contributed by atoms with Crippen LogP contribution >= 0.6 is 11.6 Å². The third-order valence-corrected chi connectivity index (χ3v) is 2.06. The van der Waals surface area contributed by atoms with E-state index in [0.717, 1.165) is 5.56 Å². The number of aromatic nitrogens is 2. The lowest BCUT2D eigenvalue weighted by atomic mass is 10.2. The summed E-state index contributed by atoms with van der Waals surface area (Å²) in [6.45, 7) is 0. The Kier molecular flexibility index (Phi) is 3.15. The number of hydrogen-bond acceptors (Lipinski definition) is 3. The first-order chi connectivity index (χ1) is 7.38. The van der Waals surface area contributed by atoms with Gasteiger partial charge in [0.05, 0.1) is 5.88 Å². The van der Waals surface area contributed by atoms with E-state index in [4.69, 9.17) is 16.1 Å². The van der Waals surface area contributed by atoms with Crippen molar-refractivity contribution >= 4 is 23.8 Å². The summed E-state index contributed by atoms with van der Waals surface area (Å²) >= 11 is 5.55. The van der Waals surface area contributed by atoms with E-state index in [1.165, 1.54) is 0 Å². The predicted octanol–water partition coefficient (Wildman–Crippen LogP) is 2.98.